The number of fused-ring (bicyclic) bond motifs is 1. The van der Waals surface area contributed by atoms with Crippen LogP contribution in [-0.2, 0) is 27.4 Å². The van der Waals surface area contributed by atoms with Crippen LogP contribution in [0, 0.1) is 18.3 Å². The first-order valence-electron chi connectivity index (χ1n) is 9.18. The van der Waals surface area contributed by atoms with Crippen LogP contribution in [0.4, 0.5) is 0 Å². The molecule has 4 rings (SSSR count). The molecular weight excluding hydrogens is 358 g/mol. The maximum atomic E-state index is 13.4. The van der Waals surface area contributed by atoms with Gasteiger partial charge in [-0.25, -0.2) is 0 Å². The SMILES string of the molecule is Cc1ccccc1[C@@H]1[C@@H](C(=O)N2CCn3nc(C#N)cc3C2)OCC(=O)N1C. The summed E-state index contributed by atoms with van der Waals surface area (Å²) in [6, 6.07) is 11.0. The summed E-state index contributed by atoms with van der Waals surface area (Å²) in [6.07, 6.45) is -0.770. The third-order valence-corrected chi connectivity index (χ3v) is 5.46. The Bertz CT molecular complexity index is 976. The fraction of sp³-hybridized carbons (Fsp3) is 0.400. The molecule has 1 aromatic carbocycles. The molecule has 0 bridgehead atoms. The van der Waals surface area contributed by atoms with E-state index in [2.05, 4.69) is 5.10 Å². The van der Waals surface area contributed by atoms with E-state index in [1.807, 2.05) is 37.3 Å². The van der Waals surface area contributed by atoms with Crippen molar-refractivity contribution in [2.24, 2.45) is 0 Å². The van der Waals surface area contributed by atoms with Gasteiger partial charge in [-0.15, -0.1) is 0 Å². The van der Waals surface area contributed by atoms with Crippen molar-refractivity contribution in [3.05, 3.63) is 52.8 Å². The van der Waals surface area contributed by atoms with Gasteiger partial charge in [-0.2, -0.15) is 10.4 Å². The van der Waals surface area contributed by atoms with Gasteiger partial charge >= 0.3 is 0 Å². The van der Waals surface area contributed by atoms with Crippen molar-refractivity contribution in [3.8, 4) is 6.07 Å². The molecule has 0 spiro atoms. The lowest BCUT2D eigenvalue weighted by atomic mass is 9.93. The van der Waals surface area contributed by atoms with Gasteiger partial charge in [0.2, 0.25) is 5.91 Å². The van der Waals surface area contributed by atoms with Gasteiger partial charge in [-0.1, -0.05) is 24.3 Å². The molecule has 28 heavy (non-hydrogen) atoms. The summed E-state index contributed by atoms with van der Waals surface area (Å²) in [7, 11) is 1.71. The quantitative estimate of drug-likeness (QED) is 0.776. The molecule has 0 radical (unpaired) electrons. The zero-order valence-electron chi connectivity index (χ0n) is 15.8. The Kier molecular flexibility index (Phi) is 4.61. The van der Waals surface area contributed by atoms with E-state index in [4.69, 9.17) is 10.00 Å². The molecule has 8 nitrogen and oxygen atoms in total. The minimum atomic E-state index is -0.770. The van der Waals surface area contributed by atoms with Crippen molar-refractivity contribution < 1.29 is 14.3 Å². The van der Waals surface area contributed by atoms with Crippen molar-refractivity contribution in [2.75, 3.05) is 20.2 Å². The maximum absolute atomic E-state index is 13.4. The Morgan fingerprint density at radius 2 is 2.11 bits per heavy atom. The van der Waals surface area contributed by atoms with Gasteiger partial charge in [-0.05, 0) is 24.1 Å². The number of ether oxygens (including phenoxy) is 1. The smallest absolute Gasteiger partial charge is 0.254 e. The number of likely N-dealkylation sites (N-methyl/N-ethyl adjacent to an activating group) is 1. The molecule has 1 fully saturated rings. The number of nitriles is 1. The summed E-state index contributed by atoms with van der Waals surface area (Å²) in [4.78, 5) is 28.9. The highest BCUT2D eigenvalue weighted by Gasteiger charge is 2.42. The lowest BCUT2D eigenvalue weighted by Crippen LogP contribution is -2.55. The van der Waals surface area contributed by atoms with Gasteiger partial charge in [0, 0.05) is 13.6 Å². The summed E-state index contributed by atoms with van der Waals surface area (Å²) in [5.74, 6) is -0.300. The van der Waals surface area contributed by atoms with Gasteiger partial charge in [0.25, 0.3) is 5.91 Å². The predicted octanol–water partition coefficient (Wildman–Crippen LogP) is 1.00. The molecule has 1 aromatic heterocycles. The number of morpholine rings is 1. The number of carbonyl (C=O) groups excluding carboxylic acids is 2. The standard InChI is InChI=1S/C20H21N5O3/c1-13-5-3-4-6-16(13)18-19(28-12-17(26)23(18)2)20(27)24-7-8-25-15(11-24)9-14(10-21)22-25/h3-6,9,18-19H,7-8,11-12H2,1-2H3/t18-,19+/m1/s1. The summed E-state index contributed by atoms with van der Waals surface area (Å²) in [5, 5.41) is 13.2. The summed E-state index contributed by atoms with van der Waals surface area (Å²) in [6.45, 7) is 3.23. The molecule has 2 aliphatic heterocycles. The third kappa shape index (κ3) is 3.04. The number of rotatable bonds is 2. The highest BCUT2D eigenvalue weighted by atomic mass is 16.5. The molecule has 2 amide bonds. The molecule has 2 aliphatic rings. The summed E-state index contributed by atoms with van der Waals surface area (Å²) >= 11 is 0. The minimum Gasteiger partial charge on any atom is -0.356 e. The molecular formula is C20H21N5O3. The van der Waals surface area contributed by atoms with Crippen molar-refractivity contribution in [1.82, 2.24) is 19.6 Å². The van der Waals surface area contributed by atoms with E-state index in [0.29, 0.717) is 25.3 Å². The average molecular weight is 379 g/mol. The van der Waals surface area contributed by atoms with Crippen LogP contribution in [-0.4, -0.2) is 57.7 Å². The average Bonchev–Trinajstić information content (AvgIpc) is 3.12. The van der Waals surface area contributed by atoms with Crippen LogP contribution in [0.15, 0.2) is 30.3 Å². The number of hydrogen-bond acceptors (Lipinski definition) is 5. The fourth-order valence-corrected chi connectivity index (χ4v) is 3.90. The topological polar surface area (TPSA) is 91.5 Å². The number of hydrogen-bond donors (Lipinski definition) is 0. The molecule has 2 aromatic rings. The van der Waals surface area contributed by atoms with Crippen LogP contribution >= 0.6 is 0 Å². The van der Waals surface area contributed by atoms with Gasteiger partial charge in [-0.3, -0.25) is 14.3 Å². The van der Waals surface area contributed by atoms with Crippen LogP contribution in [0.2, 0.25) is 0 Å². The van der Waals surface area contributed by atoms with E-state index in [1.165, 1.54) is 0 Å². The Hall–Kier alpha value is -3.18. The predicted molar refractivity (Wildman–Crippen MR) is 98.8 cm³/mol. The fourth-order valence-electron chi connectivity index (χ4n) is 3.90. The van der Waals surface area contributed by atoms with Gasteiger partial charge in [0.15, 0.2) is 11.8 Å². The summed E-state index contributed by atoms with van der Waals surface area (Å²) in [5.41, 5.74) is 3.08. The Morgan fingerprint density at radius 3 is 2.86 bits per heavy atom. The van der Waals surface area contributed by atoms with Crippen molar-refractivity contribution in [2.45, 2.75) is 32.2 Å². The van der Waals surface area contributed by atoms with E-state index in [0.717, 1.165) is 16.8 Å². The molecule has 0 N–H and O–H groups in total. The number of amides is 2. The second-order valence-electron chi connectivity index (χ2n) is 7.15. The van der Waals surface area contributed by atoms with Crippen molar-refractivity contribution >= 4 is 11.8 Å². The van der Waals surface area contributed by atoms with Crippen LogP contribution < -0.4 is 0 Å². The van der Waals surface area contributed by atoms with Gasteiger partial charge in [0.05, 0.1) is 24.8 Å². The maximum Gasteiger partial charge on any atom is 0.254 e. The zero-order chi connectivity index (χ0) is 19.8. The number of carbonyl (C=O) groups is 2. The lowest BCUT2D eigenvalue weighted by molar-refractivity contribution is -0.168. The molecule has 0 aliphatic carbocycles. The van der Waals surface area contributed by atoms with E-state index in [-0.39, 0.29) is 18.4 Å². The highest BCUT2D eigenvalue weighted by Crippen LogP contribution is 2.32. The van der Waals surface area contributed by atoms with Crippen LogP contribution in [0.3, 0.4) is 0 Å². The van der Waals surface area contributed by atoms with E-state index in [1.54, 1.807) is 27.6 Å². The van der Waals surface area contributed by atoms with Crippen molar-refractivity contribution in [1.29, 1.82) is 5.26 Å². The van der Waals surface area contributed by atoms with E-state index < -0.39 is 12.1 Å². The largest absolute Gasteiger partial charge is 0.356 e. The van der Waals surface area contributed by atoms with E-state index >= 15 is 0 Å². The van der Waals surface area contributed by atoms with Gasteiger partial charge < -0.3 is 14.5 Å². The molecule has 3 heterocycles. The van der Waals surface area contributed by atoms with Crippen LogP contribution in [0.25, 0.3) is 0 Å². The Morgan fingerprint density at radius 1 is 1.32 bits per heavy atom. The molecule has 1 saturated heterocycles. The zero-order valence-corrected chi connectivity index (χ0v) is 15.8. The second-order valence-corrected chi connectivity index (χ2v) is 7.15. The molecule has 0 saturated carbocycles. The number of aromatic nitrogens is 2. The van der Waals surface area contributed by atoms with Gasteiger partial charge in [0.1, 0.15) is 12.7 Å². The van der Waals surface area contributed by atoms with Crippen LogP contribution in [0.5, 0.6) is 0 Å². The molecule has 8 heteroatoms. The van der Waals surface area contributed by atoms with E-state index in [9.17, 15) is 9.59 Å². The third-order valence-electron chi connectivity index (χ3n) is 5.46. The molecule has 144 valence electrons. The minimum absolute atomic E-state index is 0.111. The monoisotopic (exact) mass is 379 g/mol. The molecule has 2 atom stereocenters. The second kappa shape index (κ2) is 7.09. The molecule has 0 unspecified atom stereocenters. The highest BCUT2D eigenvalue weighted by molar-refractivity contribution is 5.86. The normalized spacial score (nSPS) is 22.0. The lowest BCUT2D eigenvalue weighted by Gasteiger charge is -2.41. The van der Waals surface area contributed by atoms with Crippen molar-refractivity contribution in [3.63, 3.8) is 0 Å². The number of nitrogens with zero attached hydrogens (tertiary/aromatic N) is 5. The van der Waals surface area contributed by atoms with Crippen LogP contribution in [0.1, 0.15) is 28.6 Å². The first-order valence-corrected chi connectivity index (χ1v) is 9.18. The first kappa shape index (κ1) is 18.2. The summed E-state index contributed by atoms with van der Waals surface area (Å²) < 4.78 is 7.52. The Balaban J connectivity index is 1.62. The number of benzene rings is 1. The number of aryl methyl sites for hydroxylation is 1. The Labute approximate surface area is 162 Å². The first-order chi connectivity index (χ1) is 13.5.